The Kier molecular flexibility index (Phi) is 6.00. The highest BCUT2D eigenvalue weighted by atomic mass is 19.1. The van der Waals surface area contributed by atoms with E-state index in [1.54, 1.807) is 30.2 Å². The normalized spacial score (nSPS) is 15.2. The van der Waals surface area contributed by atoms with E-state index in [0.717, 1.165) is 6.07 Å². The average Bonchev–Trinajstić information content (AvgIpc) is 3.27. The number of carbonyl (C=O) groups is 1. The molecule has 2 N–H and O–H groups in total. The first-order valence-corrected chi connectivity index (χ1v) is 11.2. The number of carbonyl (C=O) groups excluding carboxylic acids is 1. The van der Waals surface area contributed by atoms with Crippen LogP contribution in [0.15, 0.2) is 48.9 Å². The zero-order valence-corrected chi connectivity index (χ0v) is 19.9. The molecule has 1 aliphatic rings. The zero-order valence-electron chi connectivity index (χ0n) is 19.9. The number of rotatable bonds is 7. The monoisotopic (exact) mass is 494 g/mol. The molecule has 3 heterocycles. The molecule has 0 spiro atoms. The second kappa shape index (κ2) is 9.15. The van der Waals surface area contributed by atoms with Crippen molar-refractivity contribution in [1.82, 2.24) is 25.1 Å². The molecule has 4 aromatic rings. The molecule has 2 aromatic heterocycles. The van der Waals surface area contributed by atoms with E-state index >= 15 is 0 Å². The molecule has 0 bridgehead atoms. The summed E-state index contributed by atoms with van der Waals surface area (Å²) in [5, 5.41) is 10.4. The van der Waals surface area contributed by atoms with Gasteiger partial charge in [-0.25, -0.2) is 18.7 Å². The van der Waals surface area contributed by atoms with Gasteiger partial charge in [-0.15, -0.1) is 0 Å². The lowest BCUT2D eigenvalue weighted by Gasteiger charge is -2.38. The van der Waals surface area contributed by atoms with Crippen LogP contribution in [0.2, 0.25) is 0 Å². The summed E-state index contributed by atoms with van der Waals surface area (Å²) in [6.07, 6.45) is 4.66. The molecular weight excluding hydrogens is 470 g/mol. The van der Waals surface area contributed by atoms with Crippen molar-refractivity contribution < 1.29 is 23.0 Å². The molecule has 1 amide bonds. The minimum Gasteiger partial charge on any atom is -0.494 e. The summed E-state index contributed by atoms with van der Waals surface area (Å²) in [6, 6.07) is 6.30. The molecule has 9 nitrogen and oxygen atoms in total. The number of aromatic nitrogens is 4. The lowest BCUT2D eigenvalue weighted by Crippen LogP contribution is -2.53. The van der Waals surface area contributed by atoms with Crippen LogP contribution in [-0.2, 0) is 11.8 Å². The summed E-state index contributed by atoms with van der Waals surface area (Å²) in [5.41, 5.74) is 1.13. The van der Waals surface area contributed by atoms with Crippen LogP contribution in [0.25, 0.3) is 10.9 Å². The van der Waals surface area contributed by atoms with Crippen LogP contribution >= 0.6 is 0 Å². The van der Waals surface area contributed by atoms with Crippen molar-refractivity contribution >= 4 is 22.8 Å². The summed E-state index contributed by atoms with van der Waals surface area (Å²) in [7, 11) is 3.11. The van der Waals surface area contributed by atoms with E-state index in [1.807, 2.05) is 6.92 Å². The van der Waals surface area contributed by atoms with Gasteiger partial charge < -0.3 is 20.1 Å². The molecule has 1 saturated heterocycles. The van der Waals surface area contributed by atoms with Gasteiger partial charge in [0.05, 0.1) is 49.0 Å². The van der Waals surface area contributed by atoms with Crippen molar-refractivity contribution in [1.29, 1.82) is 0 Å². The van der Waals surface area contributed by atoms with E-state index in [-0.39, 0.29) is 27.8 Å². The van der Waals surface area contributed by atoms with Crippen molar-refractivity contribution in [3.05, 3.63) is 77.2 Å². The highest BCUT2D eigenvalue weighted by molar-refractivity contribution is 5.98. The maximum absolute atomic E-state index is 14.9. The molecule has 5 rings (SSSR count). The van der Waals surface area contributed by atoms with Crippen LogP contribution in [0.3, 0.4) is 0 Å². The van der Waals surface area contributed by atoms with Gasteiger partial charge in [0, 0.05) is 30.6 Å². The molecule has 1 unspecified atom stereocenters. The van der Waals surface area contributed by atoms with Gasteiger partial charge in [-0.05, 0) is 36.8 Å². The second-order valence-electron chi connectivity index (χ2n) is 9.01. The van der Waals surface area contributed by atoms with Gasteiger partial charge in [0.1, 0.15) is 5.82 Å². The molecule has 2 aromatic carbocycles. The molecule has 0 saturated carbocycles. The third kappa shape index (κ3) is 4.57. The molecule has 1 atom stereocenters. The molecule has 1 aliphatic heterocycles. The van der Waals surface area contributed by atoms with Crippen molar-refractivity contribution in [3.8, 4) is 5.75 Å². The Morgan fingerprint density at radius 1 is 1.17 bits per heavy atom. The minimum atomic E-state index is -0.744. The third-order valence-electron chi connectivity index (χ3n) is 6.01. The zero-order chi connectivity index (χ0) is 25.4. The van der Waals surface area contributed by atoms with Crippen molar-refractivity contribution in [3.63, 3.8) is 0 Å². The maximum atomic E-state index is 14.9. The van der Waals surface area contributed by atoms with E-state index in [0.29, 0.717) is 30.3 Å². The smallest absolute Gasteiger partial charge is 0.252 e. The lowest BCUT2D eigenvalue weighted by atomic mass is 10.00. The highest BCUT2D eigenvalue weighted by Gasteiger charge is 2.34. The lowest BCUT2D eigenvalue weighted by molar-refractivity contribution is -0.0322. The third-order valence-corrected chi connectivity index (χ3v) is 6.01. The van der Waals surface area contributed by atoms with Gasteiger partial charge in [-0.1, -0.05) is 6.07 Å². The van der Waals surface area contributed by atoms with Gasteiger partial charge in [0.2, 0.25) is 5.95 Å². The fraction of sp³-hybridized carbons (Fsp3) is 0.280. The highest BCUT2D eigenvalue weighted by Crippen LogP contribution is 2.28. The van der Waals surface area contributed by atoms with Crippen molar-refractivity contribution in [2.45, 2.75) is 18.5 Å². The molecule has 0 aliphatic carbocycles. The number of nitrogens with one attached hydrogen (secondary N) is 2. The number of halogens is 2. The predicted octanol–water partition coefficient (Wildman–Crippen LogP) is 3.37. The molecule has 11 heteroatoms. The number of benzene rings is 2. The van der Waals surface area contributed by atoms with E-state index in [1.165, 1.54) is 31.5 Å². The predicted molar refractivity (Wildman–Crippen MR) is 128 cm³/mol. The SMILES string of the molecule is COc1ccc(C(NC(=O)c2cc(F)c3cnc(NC4(C)COC4)nc3c2)c2cnn(C)c2)cc1F. The van der Waals surface area contributed by atoms with Crippen LogP contribution in [0.5, 0.6) is 5.75 Å². The number of hydrogen-bond acceptors (Lipinski definition) is 7. The van der Waals surface area contributed by atoms with Gasteiger partial charge in [0.15, 0.2) is 11.6 Å². The van der Waals surface area contributed by atoms with Gasteiger partial charge >= 0.3 is 0 Å². The largest absolute Gasteiger partial charge is 0.494 e. The summed E-state index contributed by atoms with van der Waals surface area (Å²) in [6.45, 7) is 2.98. The number of methoxy groups -OCH3 is 1. The Bertz CT molecular complexity index is 1450. The summed E-state index contributed by atoms with van der Waals surface area (Å²) >= 11 is 0. The van der Waals surface area contributed by atoms with Crippen molar-refractivity contribution in [2.75, 3.05) is 25.6 Å². The first-order valence-electron chi connectivity index (χ1n) is 11.2. The maximum Gasteiger partial charge on any atom is 0.252 e. The second-order valence-corrected chi connectivity index (χ2v) is 9.01. The van der Waals surface area contributed by atoms with E-state index in [2.05, 4.69) is 25.7 Å². The van der Waals surface area contributed by atoms with Crippen LogP contribution in [0.1, 0.15) is 34.5 Å². The first-order chi connectivity index (χ1) is 17.2. The molecular formula is C25H24F2N6O3. The van der Waals surface area contributed by atoms with Crippen LogP contribution in [0.4, 0.5) is 14.7 Å². The van der Waals surface area contributed by atoms with E-state index < -0.39 is 23.6 Å². The van der Waals surface area contributed by atoms with Gasteiger partial charge in [-0.3, -0.25) is 9.48 Å². The molecule has 36 heavy (non-hydrogen) atoms. The van der Waals surface area contributed by atoms with Crippen LogP contribution in [0, 0.1) is 11.6 Å². The Balaban J connectivity index is 1.47. The Morgan fingerprint density at radius 3 is 2.61 bits per heavy atom. The number of ether oxygens (including phenoxy) is 2. The van der Waals surface area contributed by atoms with Crippen LogP contribution in [-0.4, -0.2) is 51.5 Å². The topological polar surface area (TPSA) is 103 Å². The van der Waals surface area contributed by atoms with E-state index in [4.69, 9.17) is 9.47 Å². The van der Waals surface area contributed by atoms with Gasteiger partial charge in [-0.2, -0.15) is 5.10 Å². The summed E-state index contributed by atoms with van der Waals surface area (Å²) in [4.78, 5) is 21.9. The standard InChI is InChI=1S/C25H24F2N6O3/c1-25(12-36-13-25)32-24-28-10-17-18(26)7-15(8-20(17)30-24)23(34)31-22(16-9-29-33(2)11-16)14-4-5-21(35-3)19(27)6-14/h4-11,22H,12-13H2,1-3H3,(H,31,34)(H,28,30,32). The minimum absolute atomic E-state index is 0.0608. The van der Waals surface area contributed by atoms with Crippen LogP contribution < -0.4 is 15.4 Å². The number of aryl methyl sites for hydroxylation is 1. The fourth-order valence-electron chi connectivity index (χ4n) is 4.06. The number of nitrogens with zero attached hydrogens (tertiary/aromatic N) is 4. The number of anilines is 1. The average molecular weight is 495 g/mol. The first kappa shape index (κ1) is 23.6. The molecule has 186 valence electrons. The Morgan fingerprint density at radius 2 is 1.97 bits per heavy atom. The Labute approximate surface area is 205 Å². The molecule has 0 radical (unpaired) electrons. The van der Waals surface area contributed by atoms with E-state index in [9.17, 15) is 13.6 Å². The number of hydrogen-bond donors (Lipinski definition) is 2. The fourth-order valence-corrected chi connectivity index (χ4v) is 4.06. The Hall–Kier alpha value is -4.12. The number of amides is 1. The van der Waals surface area contributed by atoms with Crippen molar-refractivity contribution in [2.24, 2.45) is 7.05 Å². The quantitative estimate of drug-likeness (QED) is 0.406. The number of fused-ring (bicyclic) bond motifs is 1. The summed E-state index contributed by atoms with van der Waals surface area (Å²) < 4.78 is 41.2. The molecule has 1 fully saturated rings. The summed E-state index contributed by atoms with van der Waals surface area (Å²) in [5.74, 6) is -1.37. The van der Waals surface area contributed by atoms with Gasteiger partial charge in [0.25, 0.3) is 5.91 Å².